The van der Waals surface area contributed by atoms with E-state index >= 15 is 0 Å². The van der Waals surface area contributed by atoms with Crippen LogP contribution in [0.15, 0.2) is 42.5 Å². The van der Waals surface area contributed by atoms with Crippen LogP contribution in [0.1, 0.15) is 15.9 Å². The minimum atomic E-state index is -0.544. The van der Waals surface area contributed by atoms with Crippen LogP contribution in [0.5, 0.6) is 5.75 Å². The first kappa shape index (κ1) is 12.1. The van der Waals surface area contributed by atoms with Gasteiger partial charge in [-0.05, 0) is 36.8 Å². The van der Waals surface area contributed by atoms with Crippen LogP contribution in [0, 0.1) is 12.7 Å². The summed E-state index contributed by atoms with van der Waals surface area (Å²) in [4.78, 5) is 11.9. The largest absolute Gasteiger partial charge is 0.507 e. The van der Waals surface area contributed by atoms with Crippen LogP contribution in [0.4, 0.5) is 10.1 Å². The number of halogens is 1. The van der Waals surface area contributed by atoms with Crippen molar-refractivity contribution in [2.24, 2.45) is 0 Å². The maximum absolute atomic E-state index is 13.5. The first-order valence-electron chi connectivity index (χ1n) is 5.43. The first-order chi connectivity index (χ1) is 8.58. The molecule has 4 heteroatoms. The van der Waals surface area contributed by atoms with Crippen molar-refractivity contribution >= 4 is 11.6 Å². The molecule has 0 bridgehead atoms. The lowest BCUT2D eigenvalue weighted by Gasteiger charge is -2.08. The molecule has 18 heavy (non-hydrogen) atoms. The van der Waals surface area contributed by atoms with Gasteiger partial charge in [-0.1, -0.05) is 18.2 Å². The molecule has 92 valence electrons. The number of phenols is 1. The van der Waals surface area contributed by atoms with E-state index in [1.165, 1.54) is 24.3 Å². The lowest BCUT2D eigenvalue weighted by molar-refractivity contribution is 0.102. The zero-order valence-electron chi connectivity index (χ0n) is 9.77. The highest BCUT2D eigenvalue weighted by atomic mass is 19.1. The van der Waals surface area contributed by atoms with Gasteiger partial charge in [0.25, 0.3) is 5.91 Å². The average molecular weight is 245 g/mol. The van der Waals surface area contributed by atoms with Gasteiger partial charge >= 0.3 is 0 Å². The molecule has 0 spiro atoms. The lowest BCUT2D eigenvalue weighted by Crippen LogP contribution is -2.13. The zero-order valence-corrected chi connectivity index (χ0v) is 9.77. The SMILES string of the molecule is Cc1ccc(F)c(NC(=O)c2ccccc2O)c1. The van der Waals surface area contributed by atoms with Crippen LogP contribution in [-0.2, 0) is 0 Å². The van der Waals surface area contributed by atoms with Crippen molar-refractivity contribution in [3.63, 3.8) is 0 Å². The van der Waals surface area contributed by atoms with E-state index in [9.17, 15) is 14.3 Å². The summed E-state index contributed by atoms with van der Waals surface area (Å²) in [6, 6.07) is 10.6. The normalized spacial score (nSPS) is 10.1. The second-order valence-electron chi connectivity index (χ2n) is 3.95. The Morgan fingerprint density at radius 3 is 2.67 bits per heavy atom. The highest BCUT2D eigenvalue weighted by Gasteiger charge is 2.12. The molecule has 1 amide bonds. The Morgan fingerprint density at radius 1 is 1.22 bits per heavy atom. The van der Waals surface area contributed by atoms with Crippen molar-refractivity contribution in [2.75, 3.05) is 5.32 Å². The molecule has 2 aromatic carbocycles. The monoisotopic (exact) mass is 245 g/mol. The van der Waals surface area contributed by atoms with Gasteiger partial charge in [-0.15, -0.1) is 0 Å². The summed E-state index contributed by atoms with van der Waals surface area (Å²) in [7, 11) is 0. The number of hydrogen-bond donors (Lipinski definition) is 2. The first-order valence-corrected chi connectivity index (χ1v) is 5.43. The molecule has 0 atom stereocenters. The smallest absolute Gasteiger partial charge is 0.259 e. The van der Waals surface area contributed by atoms with E-state index in [-0.39, 0.29) is 17.0 Å². The lowest BCUT2D eigenvalue weighted by atomic mass is 10.1. The van der Waals surface area contributed by atoms with Crippen molar-refractivity contribution < 1.29 is 14.3 Å². The van der Waals surface area contributed by atoms with E-state index in [1.54, 1.807) is 25.1 Å². The molecule has 0 aromatic heterocycles. The standard InChI is InChI=1S/C14H12FNO2/c1-9-6-7-11(15)12(8-9)16-14(18)10-4-2-3-5-13(10)17/h2-8,17H,1H3,(H,16,18). The molecule has 0 heterocycles. The fourth-order valence-corrected chi connectivity index (χ4v) is 1.59. The predicted octanol–water partition coefficient (Wildman–Crippen LogP) is 3.09. The van der Waals surface area contributed by atoms with Crippen molar-refractivity contribution in [1.29, 1.82) is 0 Å². The topological polar surface area (TPSA) is 49.3 Å². The number of rotatable bonds is 2. The maximum atomic E-state index is 13.5. The number of anilines is 1. The summed E-state index contributed by atoms with van der Waals surface area (Å²) in [5, 5.41) is 12.0. The van der Waals surface area contributed by atoms with E-state index in [2.05, 4.69) is 5.32 Å². The van der Waals surface area contributed by atoms with Crippen LogP contribution < -0.4 is 5.32 Å². The van der Waals surface area contributed by atoms with Gasteiger partial charge in [0.2, 0.25) is 0 Å². The molecule has 0 radical (unpaired) electrons. The number of aromatic hydroxyl groups is 1. The molecule has 0 aliphatic carbocycles. The van der Waals surface area contributed by atoms with E-state index < -0.39 is 11.7 Å². The second-order valence-corrected chi connectivity index (χ2v) is 3.95. The molecule has 2 aromatic rings. The Labute approximate surface area is 104 Å². The third kappa shape index (κ3) is 2.48. The molecule has 0 saturated heterocycles. The number of benzene rings is 2. The van der Waals surface area contributed by atoms with Gasteiger partial charge in [-0.25, -0.2) is 4.39 Å². The Morgan fingerprint density at radius 2 is 1.94 bits per heavy atom. The molecule has 0 unspecified atom stereocenters. The summed E-state index contributed by atoms with van der Waals surface area (Å²) < 4.78 is 13.5. The number of hydrogen-bond acceptors (Lipinski definition) is 2. The number of aryl methyl sites for hydroxylation is 1. The highest BCUT2D eigenvalue weighted by Crippen LogP contribution is 2.20. The second kappa shape index (κ2) is 4.87. The van der Waals surface area contributed by atoms with E-state index in [0.717, 1.165) is 5.56 Å². The number of para-hydroxylation sites is 1. The third-order valence-corrected chi connectivity index (χ3v) is 2.52. The Kier molecular flexibility index (Phi) is 3.28. The van der Waals surface area contributed by atoms with Gasteiger partial charge in [0.05, 0.1) is 11.3 Å². The van der Waals surface area contributed by atoms with Crippen molar-refractivity contribution in [3.05, 3.63) is 59.4 Å². The van der Waals surface area contributed by atoms with Crippen LogP contribution in [0.25, 0.3) is 0 Å². The molecular weight excluding hydrogens is 233 g/mol. The Bertz CT molecular complexity index is 596. The summed E-state index contributed by atoms with van der Waals surface area (Å²) in [5.41, 5.74) is 1.05. The van der Waals surface area contributed by atoms with E-state index in [0.29, 0.717) is 0 Å². The number of phenolic OH excluding ortho intramolecular Hbond substituents is 1. The van der Waals surface area contributed by atoms with Crippen molar-refractivity contribution in [3.8, 4) is 5.75 Å². The van der Waals surface area contributed by atoms with Crippen LogP contribution in [0.3, 0.4) is 0 Å². The quantitative estimate of drug-likeness (QED) is 0.854. The fraction of sp³-hybridized carbons (Fsp3) is 0.0714. The third-order valence-electron chi connectivity index (χ3n) is 2.52. The van der Waals surface area contributed by atoms with Gasteiger partial charge in [0, 0.05) is 0 Å². The van der Waals surface area contributed by atoms with E-state index in [4.69, 9.17) is 0 Å². The summed E-state index contributed by atoms with van der Waals surface area (Å²) >= 11 is 0. The molecule has 2 N–H and O–H groups in total. The van der Waals surface area contributed by atoms with Crippen LogP contribution in [-0.4, -0.2) is 11.0 Å². The molecule has 2 rings (SSSR count). The molecular formula is C14H12FNO2. The summed E-state index contributed by atoms with van der Waals surface area (Å²) in [6.07, 6.45) is 0. The summed E-state index contributed by atoms with van der Waals surface area (Å²) in [5.74, 6) is -1.19. The van der Waals surface area contributed by atoms with Gasteiger partial charge < -0.3 is 10.4 Å². The van der Waals surface area contributed by atoms with Crippen molar-refractivity contribution in [1.82, 2.24) is 0 Å². The van der Waals surface area contributed by atoms with Crippen LogP contribution in [0.2, 0.25) is 0 Å². The van der Waals surface area contributed by atoms with Gasteiger partial charge in [-0.3, -0.25) is 4.79 Å². The zero-order chi connectivity index (χ0) is 13.1. The minimum absolute atomic E-state index is 0.100. The molecule has 0 fully saturated rings. The molecule has 3 nitrogen and oxygen atoms in total. The molecule has 0 saturated carbocycles. The van der Waals surface area contributed by atoms with Gasteiger partial charge in [0.1, 0.15) is 11.6 Å². The number of nitrogens with one attached hydrogen (secondary N) is 1. The minimum Gasteiger partial charge on any atom is -0.507 e. The number of carbonyl (C=O) groups excluding carboxylic acids is 1. The Hall–Kier alpha value is -2.36. The van der Waals surface area contributed by atoms with E-state index in [1.807, 2.05) is 0 Å². The number of carbonyl (C=O) groups is 1. The summed E-state index contributed by atoms with van der Waals surface area (Å²) in [6.45, 7) is 1.80. The fourth-order valence-electron chi connectivity index (χ4n) is 1.59. The highest BCUT2D eigenvalue weighted by molar-refractivity contribution is 6.06. The molecule has 0 aliphatic heterocycles. The van der Waals surface area contributed by atoms with Crippen LogP contribution >= 0.6 is 0 Å². The van der Waals surface area contributed by atoms with Crippen molar-refractivity contribution in [2.45, 2.75) is 6.92 Å². The van der Waals surface area contributed by atoms with Gasteiger partial charge in [-0.2, -0.15) is 0 Å². The number of amides is 1. The predicted molar refractivity (Wildman–Crippen MR) is 67.2 cm³/mol. The maximum Gasteiger partial charge on any atom is 0.259 e. The van der Waals surface area contributed by atoms with Gasteiger partial charge in [0.15, 0.2) is 0 Å². The average Bonchev–Trinajstić information content (AvgIpc) is 2.34. The molecule has 0 aliphatic rings. The Balaban J connectivity index is 2.27.